The van der Waals surface area contributed by atoms with Gasteiger partial charge in [0.1, 0.15) is 6.04 Å². The van der Waals surface area contributed by atoms with Crippen LogP contribution < -0.4 is 21.7 Å². The number of nitrogens with zero attached hydrogens (tertiary/aromatic N) is 1. The second-order valence-corrected chi connectivity index (χ2v) is 13.9. The highest BCUT2D eigenvalue weighted by molar-refractivity contribution is 6.37. The molecule has 0 bridgehead atoms. The van der Waals surface area contributed by atoms with Crippen molar-refractivity contribution in [2.24, 2.45) is 34.3 Å². The molecule has 1 aliphatic heterocycles. The van der Waals surface area contributed by atoms with Crippen LogP contribution in [0.15, 0.2) is 0 Å². The highest BCUT2D eigenvalue weighted by Crippen LogP contribution is 2.64. The number of primary amides is 1. The molecular formula is C27H47N5O4. The van der Waals surface area contributed by atoms with Gasteiger partial charge >= 0.3 is 6.03 Å². The molecule has 1 saturated heterocycles. The molecule has 36 heavy (non-hydrogen) atoms. The maximum atomic E-state index is 13.9. The second-order valence-electron chi connectivity index (χ2n) is 13.9. The number of Topliss-reactive ketones (excluding diaryl/α,β-unsaturated/α-hetero) is 1. The lowest BCUT2D eigenvalue weighted by atomic mass is 9.80. The molecule has 0 radical (unpaired) electrons. The second kappa shape index (κ2) is 9.95. The fourth-order valence-electron chi connectivity index (χ4n) is 6.03. The van der Waals surface area contributed by atoms with Crippen molar-refractivity contribution in [1.29, 1.82) is 0 Å². The van der Waals surface area contributed by atoms with Gasteiger partial charge in [-0.15, -0.1) is 0 Å². The topological polar surface area (TPSA) is 134 Å². The molecule has 9 heteroatoms. The third kappa shape index (κ3) is 6.21. The lowest BCUT2D eigenvalue weighted by Gasteiger charge is -2.39. The van der Waals surface area contributed by atoms with E-state index in [1.165, 1.54) is 0 Å². The van der Waals surface area contributed by atoms with Crippen molar-refractivity contribution in [1.82, 2.24) is 20.9 Å². The minimum Gasteiger partial charge on any atom is -0.363 e. The molecule has 3 fully saturated rings. The number of fused-ring (bicyclic) bond motifs is 1. The molecule has 5 N–H and O–H groups in total. The van der Waals surface area contributed by atoms with Gasteiger partial charge < -0.3 is 26.6 Å². The smallest absolute Gasteiger partial charge is 0.315 e. The standard InChI is InChI=1S/C27H47N5O4/c1-25(2,3)21(30-24(36)31-26(4,5)6)23(35)32-14-16-19(27(16,7)8)18(32)13-29-17(20(33)22(28)34)12-15-10-9-11-15/h15-19,21,29H,9-14H2,1-8H3,(H2,28,34)(H2,30,31,36)/t16-,17?,18+,19-,21+/m0/s1. The summed E-state index contributed by atoms with van der Waals surface area (Å²) in [6, 6.07) is -1.83. The van der Waals surface area contributed by atoms with Crippen LogP contribution in [0.25, 0.3) is 0 Å². The quantitative estimate of drug-likeness (QED) is 0.357. The Balaban J connectivity index is 1.76. The Morgan fingerprint density at radius 1 is 1.06 bits per heavy atom. The number of carbonyl (C=O) groups excluding carboxylic acids is 4. The van der Waals surface area contributed by atoms with Crippen LogP contribution >= 0.6 is 0 Å². The Bertz CT molecular complexity index is 884. The van der Waals surface area contributed by atoms with Gasteiger partial charge in [-0.05, 0) is 55.8 Å². The van der Waals surface area contributed by atoms with Crippen molar-refractivity contribution in [3.05, 3.63) is 0 Å². The van der Waals surface area contributed by atoms with Crippen molar-refractivity contribution in [2.45, 2.75) is 105 Å². The van der Waals surface area contributed by atoms with E-state index < -0.39 is 34.7 Å². The largest absolute Gasteiger partial charge is 0.363 e. The normalized spacial score (nSPS) is 26.9. The summed E-state index contributed by atoms with van der Waals surface area (Å²) in [4.78, 5) is 52.8. The minimum absolute atomic E-state index is 0.106. The van der Waals surface area contributed by atoms with E-state index in [4.69, 9.17) is 5.73 Å². The summed E-state index contributed by atoms with van der Waals surface area (Å²) >= 11 is 0. The van der Waals surface area contributed by atoms with Crippen LogP contribution in [0.2, 0.25) is 0 Å². The van der Waals surface area contributed by atoms with Gasteiger partial charge in [-0.3, -0.25) is 14.4 Å². The van der Waals surface area contributed by atoms with Crippen molar-refractivity contribution in [3.8, 4) is 0 Å². The maximum Gasteiger partial charge on any atom is 0.315 e. The molecule has 204 valence electrons. The third-order valence-electron chi connectivity index (χ3n) is 8.43. The van der Waals surface area contributed by atoms with E-state index in [-0.39, 0.29) is 23.4 Å². The molecule has 0 aromatic carbocycles. The summed E-state index contributed by atoms with van der Waals surface area (Å²) in [7, 11) is 0. The molecule has 0 spiro atoms. The highest BCUT2D eigenvalue weighted by atomic mass is 16.2. The van der Waals surface area contributed by atoms with Gasteiger partial charge in [-0.1, -0.05) is 53.9 Å². The molecule has 1 heterocycles. The Morgan fingerprint density at radius 3 is 2.14 bits per heavy atom. The number of carbonyl (C=O) groups is 4. The fourth-order valence-corrected chi connectivity index (χ4v) is 6.03. The van der Waals surface area contributed by atoms with Gasteiger partial charge in [0.25, 0.3) is 5.91 Å². The molecule has 2 saturated carbocycles. The van der Waals surface area contributed by atoms with Crippen LogP contribution in [-0.4, -0.2) is 65.3 Å². The lowest BCUT2D eigenvalue weighted by Crippen LogP contribution is -2.61. The molecule has 0 aromatic rings. The summed E-state index contributed by atoms with van der Waals surface area (Å²) in [5.74, 6) is -0.526. The summed E-state index contributed by atoms with van der Waals surface area (Å²) in [6.07, 6.45) is 3.87. The van der Waals surface area contributed by atoms with Crippen LogP contribution in [-0.2, 0) is 14.4 Å². The van der Waals surface area contributed by atoms with E-state index in [0.29, 0.717) is 37.3 Å². The molecule has 2 aliphatic carbocycles. The third-order valence-corrected chi connectivity index (χ3v) is 8.43. The van der Waals surface area contributed by atoms with E-state index >= 15 is 0 Å². The number of ketones is 1. The van der Waals surface area contributed by atoms with Gasteiger partial charge in [-0.25, -0.2) is 4.79 Å². The first-order chi connectivity index (χ1) is 16.4. The summed E-state index contributed by atoms with van der Waals surface area (Å²) in [5, 5.41) is 9.14. The molecule has 3 aliphatic rings. The Kier molecular flexibility index (Phi) is 7.85. The van der Waals surface area contributed by atoms with Crippen molar-refractivity contribution >= 4 is 23.6 Å². The summed E-state index contributed by atoms with van der Waals surface area (Å²) in [5.41, 5.74) is 4.53. The van der Waals surface area contributed by atoms with Crippen LogP contribution in [0.4, 0.5) is 4.79 Å². The van der Waals surface area contributed by atoms with Crippen molar-refractivity contribution < 1.29 is 19.2 Å². The Hall–Kier alpha value is -2.16. The van der Waals surface area contributed by atoms with Crippen molar-refractivity contribution in [2.75, 3.05) is 13.1 Å². The zero-order valence-electron chi connectivity index (χ0n) is 23.4. The van der Waals surface area contributed by atoms with Gasteiger partial charge in [-0.2, -0.15) is 0 Å². The number of urea groups is 1. The number of nitrogens with two attached hydrogens (primary N) is 1. The number of amides is 4. The van der Waals surface area contributed by atoms with E-state index in [1.54, 1.807) is 0 Å². The predicted octanol–water partition coefficient (Wildman–Crippen LogP) is 2.18. The van der Waals surface area contributed by atoms with E-state index in [9.17, 15) is 19.2 Å². The molecule has 0 aromatic heterocycles. The van der Waals surface area contributed by atoms with E-state index in [0.717, 1.165) is 19.3 Å². The van der Waals surface area contributed by atoms with Gasteiger partial charge in [0.2, 0.25) is 11.7 Å². The molecule has 9 nitrogen and oxygen atoms in total. The molecule has 1 unspecified atom stereocenters. The number of hydrogen-bond donors (Lipinski definition) is 4. The van der Waals surface area contributed by atoms with Crippen LogP contribution in [0.5, 0.6) is 0 Å². The van der Waals surface area contributed by atoms with Crippen LogP contribution in [0, 0.1) is 28.6 Å². The summed E-state index contributed by atoms with van der Waals surface area (Å²) < 4.78 is 0. The first kappa shape index (κ1) is 28.4. The minimum atomic E-state index is -0.919. The number of piperidine rings is 1. The van der Waals surface area contributed by atoms with E-state index in [2.05, 4.69) is 29.8 Å². The molecular weight excluding hydrogens is 458 g/mol. The summed E-state index contributed by atoms with van der Waals surface area (Å²) in [6.45, 7) is 17.0. The van der Waals surface area contributed by atoms with Gasteiger partial charge in [0.15, 0.2) is 0 Å². The van der Waals surface area contributed by atoms with Crippen molar-refractivity contribution in [3.63, 3.8) is 0 Å². The van der Waals surface area contributed by atoms with Crippen LogP contribution in [0.3, 0.4) is 0 Å². The SMILES string of the molecule is CC(C)(C)NC(=O)N[C@H](C(=O)N1C[C@H]2[C@@H]([C@H]1CNC(CC1CCC1)C(=O)C(N)=O)C2(C)C)C(C)(C)C. The first-order valence-electron chi connectivity index (χ1n) is 13.4. The van der Waals surface area contributed by atoms with Gasteiger partial charge in [0.05, 0.1) is 6.04 Å². The number of rotatable bonds is 9. The molecule has 4 amide bonds. The van der Waals surface area contributed by atoms with Crippen LogP contribution in [0.1, 0.15) is 81.1 Å². The lowest BCUT2D eigenvalue weighted by molar-refractivity contribution is -0.138. The Morgan fingerprint density at radius 2 is 1.67 bits per heavy atom. The monoisotopic (exact) mass is 505 g/mol. The first-order valence-corrected chi connectivity index (χ1v) is 13.4. The highest BCUT2D eigenvalue weighted by Gasteiger charge is 2.67. The number of likely N-dealkylation sites (tertiary alicyclic amines) is 1. The Labute approximate surface area is 216 Å². The average molecular weight is 506 g/mol. The number of hydrogen-bond acceptors (Lipinski definition) is 5. The zero-order chi connectivity index (χ0) is 27.2. The zero-order valence-corrected chi connectivity index (χ0v) is 23.4. The fraction of sp³-hybridized carbons (Fsp3) is 0.852. The maximum absolute atomic E-state index is 13.9. The predicted molar refractivity (Wildman–Crippen MR) is 139 cm³/mol. The molecule has 5 atom stereocenters. The number of nitrogens with one attached hydrogen (secondary N) is 3. The molecule has 3 rings (SSSR count). The van der Waals surface area contributed by atoms with E-state index in [1.807, 2.05) is 46.4 Å². The average Bonchev–Trinajstić information content (AvgIpc) is 3.03. The van der Waals surface area contributed by atoms with Gasteiger partial charge in [0, 0.05) is 24.7 Å².